The van der Waals surface area contributed by atoms with E-state index in [1.54, 1.807) is 0 Å². The van der Waals surface area contributed by atoms with Crippen molar-refractivity contribution in [2.45, 2.75) is 26.2 Å². The van der Waals surface area contributed by atoms with Gasteiger partial charge in [0, 0.05) is 17.9 Å². The number of rotatable bonds is 5. The van der Waals surface area contributed by atoms with E-state index in [0.29, 0.717) is 12.5 Å². The zero-order chi connectivity index (χ0) is 15.7. The smallest absolute Gasteiger partial charge is 0.231 e. The van der Waals surface area contributed by atoms with E-state index < -0.39 is 0 Å². The lowest BCUT2D eigenvalue weighted by Gasteiger charge is -2.33. The monoisotopic (exact) mass is 304 g/mol. The molecule has 1 atom stereocenters. The molecule has 1 aromatic rings. The lowest BCUT2D eigenvalue weighted by atomic mass is 9.83. The van der Waals surface area contributed by atoms with Crippen LogP contribution in [0.3, 0.4) is 0 Å². The van der Waals surface area contributed by atoms with Gasteiger partial charge in [-0.2, -0.15) is 0 Å². The van der Waals surface area contributed by atoms with Gasteiger partial charge in [-0.3, -0.25) is 4.79 Å². The molecule has 22 heavy (non-hydrogen) atoms. The summed E-state index contributed by atoms with van der Waals surface area (Å²) in [6, 6.07) is 5.98. The van der Waals surface area contributed by atoms with E-state index >= 15 is 0 Å². The Morgan fingerprint density at radius 3 is 2.77 bits per heavy atom. The molecule has 0 aliphatic carbocycles. The van der Waals surface area contributed by atoms with Crippen molar-refractivity contribution in [3.63, 3.8) is 0 Å². The Bertz CT molecular complexity index is 567. The molecular weight excluding hydrogens is 280 g/mol. The maximum atomic E-state index is 12.3. The average Bonchev–Trinajstić information content (AvgIpc) is 2.90. The van der Waals surface area contributed by atoms with Crippen LogP contribution >= 0.6 is 0 Å². The molecular formula is C17H24N2O3. The highest BCUT2D eigenvalue weighted by Crippen LogP contribution is 2.36. The first-order chi connectivity index (χ1) is 10.5. The predicted octanol–water partition coefficient (Wildman–Crippen LogP) is 1.66. The fraction of sp³-hybridized carbons (Fsp3) is 0.588. The fourth-order valence-corrected chi connectivity index (χ4v) is 2.77. The van der Waals surface area contributed by atoms with Crippen LogP contribution in [0.5, 0.6) is 11.5 Å². The Labute approximate surface area is 131 Å². The third-order valence-corrected chi connectivity index (χ3v) is 4.79. The molecule has 1 saturated heterocycles. The third-order valence-electron chi connectivity index (χ3n) is 4.79. The fourth-order valence-electron chi connectivity index (χ4n) is 2.77. The summed E-state index contributed by atoms with van der Waals surface area (Å²) in [6.07, 6.45) is 0. The molecule has 0 spiro atoms. The van der Waals surface area contributed by atoms with Crippen molar-refractivity contribution in [1.29, 1.82) is 0 Å². The summed E-state index contributed by atoms with van der Waals surface area (Å²) in [5.74, 6) is 2.24. The van der Waals surface area contributed by atoms with Gasteiger partial charge in [0.25, 0.3) is 0 Å². The van der Waals surface area contributed by atoms with Crippen molar-refractivity contribution in [2.75, 3.05) is 26.4 Å². The number of hydrogen-bond acceptors (Lipinski definition) is 4. The Kier molecular flexibility index (Phi) is 4.00. The lowest BCUT2D eigenvalue weighted by Crippen LogP contribution is -2.50. The maximum absolute atomic E-state index is 12.3. The second-order valence-electron chi connectivity index (χ2n) is 6.88. The molecule has 1 fully saturated rings. The van der Waals surface area contributed by atoms with Crippen molar-refractivity contribution in [1.82, 2.24) is 10.6 Å². The molecule has 1 unspecified atom stereocenters. The molecule has 1 aromatic carbocycles. The van der Waals surface area contributed by atoms with Crippen LogP contribution in [-0.2, 0) is 10.2 Å². The number of ether oxygens (including phenoxy) is 2. The van der Waals surface area contributed by atoms with Crippen LogP contribution in [0.2, 0.25) is 0 Å². The summed E-state index contributed by atoms with van der Waals surface area (Å²) in [5.41, 5.74) is 0.976. The summed E-state index contributed by atoms with van der Waals surface area (Å²) >= 11 is 0. The first-order valence-corrected chi connectivity index (χ1v) is 7.86. The van der Waals surface area contributed by atoms with Crippen LogP contribution in [0.1, 0.15) is 26.3 Å². The van der Waals surface area contributed by atoms with Gasteiger partial charge in [-0.15, -0.1) is 0 Å². The molecule has 2 heterocycles. The summed E-state index contributed by atoms with van der Waals surface area (Å²) < 4.78 is 10.8. The SMILES string of the molecule is CC(C(=O)NCC(C)(C)c1ccc2c(c1)OCO2)C1CNC1. The van der Waals surface area contributed by atoms with Crippen molar-refractivity contribution in [2.24, 2.45) is 11.8 Å². The van der Waals surface area contributed by atoms with E-state index in [2.05, 4.69) is 24.5 Å². The Morgan fingerprint density at radius 2 is 2.09 bits per heavy atom. The molecule has 5 nitrogen and oxygen atoms in total. The molecule has 0 radical (unpaired) electrons. The summed E-state index contributed by atoms with van der Waals surface area (Å²) in [4.78, 5) is 12.3. The second kappa shape index (κ2) is 5.80. The second-order valence-corrected chi connectivity index (χ2v) is 6.88. The Morgan fingerprint density at radius 1 is 1.36 bits per heavy atom. The number of carbonyl (C=O) groups is 1. The standard InChI is InChI=1S/C17H24N2O3/c1-11(12-7-18-8-12)16(20)19-9-17(2,3)13-4-5-14-15(6-13)22-10-21-14/h4-6,11-12,18H,7-10H2,1-3H3,(H,19,20). The molecule has 2 N–H and O–H groups in total. The Balaban J connectivity index is 1.61. The van der Waals surface area contributed by atoms with Crippen molar-refractivity contribution in [3.05, 3.63) is 23.8 Å². The van der Waals surface area contributed by atoms with Gasteiger partial charge in [0.05, 0.1) is 0 Å². The van der Waals surface area contributed by atoms with E-state index in [-0.39, 0.29) is 24.0 Å². The minimum atomic E-state index is -0.159. The summed E-state index contributed by atoms with van der Waals surface area (Å²) in [5, 5.41) is 6.31. The van der Waals surface area contributed by atoms with Gasteiger partial charge in [0.2, 0.25) is 12.7 Å². The third kappa shape index (κ3) is 2.90. The molecule has 2 aliphatic heterocycles. The number of amides is 1. The van der Waals surface area contributed by atoms with E-state index in [9.17, 15) is 4.79 Å². The van der Waals surface area contributed by atoms with Crippen LogP contribution in [0.25, 0.3) is 0 Å². The van der Waals surface area contributed by atoms with Crippen LogP contribution in [-0.4, -0.2) is 32.3 Å². The van der Waals surface area contributed by atoms with Crippen molar-refractivity contribution in [3.8, 4) is 11.5 Å². The van der Waals surface area contributed by atoms with Gasteiger partial charge in [-0.05, 0) is 36.7 Å². The molecule has 1 amide bonds. The average molecular weight is 304 g/mol. The van der Waals surface area contributed by atoms with E-state index in [0.717, 1.165) is 30.2 Å². The molecule has 0 aromatic heterocycles. The van der Waals surface area contributed by atoms with Crippen LogP contribution in [0.15, 0.2) is 18.2 Å². The normalized spacial score (nSPS) is 18.7. The topological polar surface area (TPSA) is 59.6 Å². The summed E-state index contributed by atoms with van der Waals surface area (Å²) in [6.45, 7) is 9.04. The minimum absolute atomic E-state index is 0.0637. The zero-order valence-corrected chi connectivity index (χ0v) is 13.4. The quantitative estimate of drug-likeness (QED) is 0.869. The first-order valence-electron chi connectivity index (χ1n) is 7.86. The number of benzene rings is 1. The molecule has 0 saturated carbocycles. The highest BCUT2D eigenvalue weighted by molar-refractivity contribution is 5.78. The first kappa shape index (κ1) is 15.2. The number of hydrogen-bond donors (Lipinski definition) is 2. The molecule has 5 heteroatoms. The highest BCUT2D eigenvalue weighted by Gasteiger charge is 2.30. The minimum Gasteiger partial charge on any atom is -0.454 e. The molecule has 3 rings (SSSR count). The zero-order valence-electron chi connectivity index (χ0n) is 13.4. The van der Waals surface area contributed by atoms with Gasteiger partial charge in [0.1, 0.15) is 0 Å². The van der Waals surface area contributed by atoms with Crippen molar-refractivity contribution < 1.29 is 14.3 Å². The number of fused-ring (bicyclic) bond motifs is 1. The van der Waals surface area contributed by atoms with E-state index in [1.807, 2.05) is 25.1 Å². The van der Waals surface area contributed by atoms with Gasteiger partial charge in [-0.1, -0.05) is 26.8 Å². The van der Waals surface area contributed by atoms with Crippen molar-refractivity contribution >= 4 is 5.91 Å². The van der Waals surface area contributed by atoms with Gasteiger partial charge in [0.15, 0.2) is 11.5 Å². The van der Waals surface area contributed by atoms with Crippen LogP contribution < -0.4 is 20.1 Å². The molecule has 0 bridgehead atoms. The number of carbonyl (C=O) groups excluding carboxylic acids is 1. The van der Waals surface area contributed by atoms with Gasteiger partial charge >= 0.3 is 0 Å². The number of nitrogens with one attached hydrogen (secondary N) is 2. The maximum Gasteiger partial charge on any atom is 0.231 e. The van der Waals surface area contributed by atoms with Gasteiger partial charge < -0.3 is 20.1 Å². The largest absolute Gasteiger partial charge is 0.454 e. The lowest BCUT2D eigenvalue weighted by molar-refractivity contribution is -0.126. The Hall–Kier alpha value is -1.75. The van der Waals surface area contributed by atoms with Gasteiger partial charge in [-0.25, -0.2) is 0 Å². The van der Waals surface area contributed by atoms with E-state index in [1.165, 1.54) is 0 Å². The highest BCUT2D eigenvalue weighted by atomic mass is 16.7. The predicted molar refractivity (Wildman–Crippen MR) is 84.1 cm³/mol. The summed E-state index contributed by atoms with van der Waals surface area (Å²) in [7, 11) is 0. The molecule has 120 valence electrons. The van der Waals surface area contributed by atoms with E-state index in [4.69, 9.17) is 9.47 Å². The van der Waals surface area contributed by atoms with Crippen LogP contribution in [0.4, 0.5) is 0 Å². The molecule has 2 aliphatic rings. The van der Waals surface area contributed by atoms with Crippen LogP contribution in [0, 0.1) is 11.8 Å².